The summed E-state index contributed by atoms with van der Waals surface area (Å²) in [4.78, 5) is 0. The van der Waals surface area contributed by atoms with Gasteiger partial charge in [0.15, 0.2) is 5.79 Å². The van der Waals surface area contributed by atoms with E-state index < -0.39 is 0 Å². The third-order valence-electron chi connectivity index (χ3n) is 10.9. The van der Waals surface area contributed by atoms with Crippen molar-refractivity contribution in [3.05, 3.63) is 0 Å². The number of hydrogen-bond acceptors (Lipinski definition) is 3. The molecule has 1 heterocycles. The normalized spacial score (nSPS) is 56.5. The summed E-state index contributed by atoms with van der Waals surface area (Å²) in [6, 6.07) is 0. The van der Waals surface area contributed by atoms with E-state index in [1.807, 2.05) is 7.11 Å². The molecule has 5 saturated carbocycles. The molecule has 0 amide bonds. The van der Waals surface area contributed by atoms with Crippen LogP contribution in [0.3, 0.4) is 0 Å². The van der Waals surface area contributed by atoms with Crippen molar-refractivity contribution < 1.29 is 9.47 Å². The van der Waals surface area contributed by atoms with Gasteiger partial charge >= 0.3 is 0 Å². The van der Waals surface area contributed by atoms with Crippen molar-refractivity contribution in [2.75, 3.05) is 7.11 Å². The van der Waals surface area contributed by atoms with Crippen molar-refractivity contribution in [3.8, 4) is 0 Å². The maximum absolute atomic E-state index is 6.89. The Morgan fingerprint density at radius 3 is 2.39 bits per heavy atom. The summed E-state index contributed by atoms with van der Waals surface area (Å²) in [6.07, 6.45) is 16.8. The van der Waals surface area contributed by atoms with E-state index in [2.05, 4.69) is 25.6 Å². The molecule has 0 aromatic heterocycles. The van der Waals surface area contributed by atoms with Crippen LogP contribution in [0.25, 0.3) is 0 Å². The van der Waals surface area contributed by atoms with Crippen molar-refractivity contribution in [1.29, 1.82) is 0 Å². The molecule has 0 aromatic carbocycles. The van der Waals surface area contributed by atoms with Crippen LogP contribution in [-0.2, 0) is 9.47 Å². The van der Waals surface area contributed by atoms with Crippen LogP contribution in [0.2, 0.25) is 0 Å². The second kappa shape index (κ2) is 6.39. The van der Waals surface area contributed by atoms with E-state index in [0.29, 0.717) is 16.9 Å². The van der Waals surface area contributed by atoms with E-state index in [9.17, 15) is 0 Å². The SMILES string of the molecule is COC1(OC2CC[C@H]3[C@@H]4CCC5CC6SC6C[C@]5(C)[C@H]4CC[C@]23C)CCCC1. The second-order valence-corrected chi connectivity index (χ2v) is 13.3. The molecule has 6 aliphatic rings. The molecule has 0 bridgehead atoms. The number of fused-ring (bicyclic) bond motifs is 6. The summed E-state index contributed by atoms with van der Waals surface area (Å²) >= 11 is 2.31. The van der Waals surface area contributed by atoms with Crippen LogP contribution in [0.5, 0.6) is 0 Å². The lowest BCUT2D eigenvalue weighted by Gasteiger charge is -2.60. The van der Waals surface area contributed by atoms with E-state index in [0.717, 1.165) is 47.0 Å². The third-order valence-corrected chi connectivity index (χ3v) is 12.3. The second-order valence-electron chi connectivity index (χ2n) is 11.9. The Bertz CT molecular complexity index is 630. The summed E-state index contributed by atoms with van der Waals surface area (Å²) < 4.78 is 12.9. The molecular weight excluding hydrogens is 364 g/mol. The van der Waals surface area contributed by atoms with Crippen molar-refractivity contribution >= 4 is 11.8 Å². The van der Waals surface area contributed by atoms with Crippen LogP contribution in [0.15, 0.2) is 0 Å². The van der Waals surface area contributed by atoms with Gasteiger partial charge in [-0.3, -0.25) is 0 Å². The van der Waals surface area contributed by atoms with Gasteiger partial charge in [0.1, 0.15) is 0 Å². The standard InChI is InChI=1S/C25H40O2S/c1-23-13-10-19-17(7-6-16-14-20-21(28-20)15-24(16,19)2)18(23)8-9-22(23)27-25(26-3)11-4-5-12-25/h16-22H,4-15H2,1-3H3/t16?,17-,18-,19-,20?,21?,22?,23-,24-/m0/s1. The molecule has 0 N–H and O–H groups in total. The molecule has 4 unspecified atom stereocenters. The minimum atomic E-state index is -0.259. The lowest BCUT2D eigenvalue weighted by atomic mass is 9.45. The van der Waals surface area contributed by atoms with E-state index >= 15 is 0 Å². The number of thioether (sulfide) groups is 1. The van der Waals surface area contributed by atoms with Crippen LogP contribution in [-0.4, -0.2) is 29.5 Å². The highest BCUT2D eigenvalue weighted by atomic mass is 32.2. The van der Waals surface area contributed by atoms with Crippen molar-refractivity contribution in [1.82, 2.24) is 0 Å². The van der Waals surface area contributed by atoms with Gasteiger partial charge in [-0.25, -0.2) is 0 Å². The molecule has 6 rings (SSSR count). The Morgan fingerprint density at radius 1 is 0.821 bits per heavy atom. The Hall–Kier alpha value is 0.270. The van der Waals surface area contributed by atoms with Crippen LogP contribution >= 0.6 is 11.8 Å². The van der Waals surface area contributed by atoms with Crippen molar-refractivity contribution in [2.24, 2.45) is 34.5 Å². The molecule has 0 aromatic rings. The first kappa shape index (κ1) is 19.0. The Labute approximate surface area is 176 Å². The monoisotopic (exact) mass is 404 g/mol. The summed E-state index contributed by atoms with van der Waals surface area (Å²) in [6.45, 7) is 5.32. The molecule has 1 aliphatic heterocycles. The average Bonchev–Trinajstić information content (AvgIpc) is 3.11. The average molecular weight is 405 g/mol. The fourth-order valence-electron chi connectivity index (χ4n) is 9.21. The number of hydrogen-bond donors (Lipinski definition) is 0. The van der Waals surface area contributed by atoms with Gasteiger partial charge in [-0.05, 0) is 98.7 Å². The lowest BCUT2D eigenvalue weighted by Crippen LogP contribution is -2.55. The van der Waals surface area contributed by atoms with E-state index in [1.165, 1.54) is 57.8 Å². The zero-order valence-corrected chi connectivity index (χ0v) is 19.1. The predicted octanol–water partition coefficient (Wildman–Crippen LogP) is 6.42. The van der Waals surface area contributed by atoms with Crippen LogP contribution < -0.4 is 0 Å². The molecule has 0 radical (unpaired) electrons. The minimum absolute atomic E-state index is 0.259. The fraction of sp³-hybridized carbons (Fsp3) is 1.00. The molecule has 2 nitrogen and oxygen atoms in total. The molecule has 158 valence electrons. The van der Waals surface area contributed by atoms with Crippen molar-refractivity contribution in [2.45, 2.75) is 113 Å². The quantitative estimate of drug-likeness (QED) is 0.399. The summed E-state index contributed by atoms with van der Waals surface area (Å²) in [5.74, 6) is 3.63. The molecule has 1 saturated heterocycles. The molecule has 3 heteroatoms. The highest BCUT2D eigenvalue weighted by Gasteiger charge is 2.64. The van der Waals surface area contributed by atoms with Gasteiger partial charge in [0, 0.05) is 30.5 Å². The zero-order chi connectivity index (χ0) is 19.1. The summed E-state index contributed by atoms with van der Waals surface area (Å²) in [5.41, 5.74) is 1.04. The van der Waals surface area contributed by atoms with Gasteiger partial charge in [-0.2, -0.15) is 11.8 Å². The molecular formula is C25H40O2S. The van der Waals surface area contributed by atoms with Crippen molar-refractivity contribution in [3.63, 3.8) is 0 Å². The molecule has 6 fully saturated rings. The van der Waals surface area contributed by atoms with Crippen LogP contribution in [0.1, 0.15) is 90.9 Å². The molecule has 28 heavy (non-hydrogen) atoms. The van der Waals surface area contributed by atoms with Gasteiger partial charge in [0.05, 0.1) is 6.10 Å². The van der Waals surface area contributed by atoms with E-state index in [1.54, 1.807) is 6.42 Å². The van der Waals surface area contributed by atoms with Gasteiger partial charge in [-0.15, -0.1) is 0 Å². The zero-order valence-electron chi connectivity index (χ0n) is 18.3. The smallest absolute Gasteiger partial charge is 0.168 e. The number of ether oxygens (including phenoxy) is 2. The first-order valence-corrected chi connectivity index (χ1v) is 13.3. The number of rotatable bonds is 3. The first-order chi connectivity index (χ1) is 13.5. The molecule has 9 atom stereocenters. The van der Waals surface area contributed by atoms with Gasteiger partial charge in [0.2, 0.25) is 0 Å². The Morgan fingerprint density at radius 2 is 1.61 bits per heavy atom. The third kappa shape index (κ3) is 2.60. The highest BCUT2D eigenvalue weighted by Crippen LogP contribution is 2.70. The maximum atomic E-state index is 6.89. The predicted molar refractivity (Wildman–Crippen MR) is 115 cm³/mol. The van der Waals surface area contributed by atoms with E-state index in [4.69, 9.17) is 9.47 Å². The van der Waals surface area contributed by atoms with Gasteiger partial charge < -0.3 is 9.47 Å². The van der Waals surface area contributed by atoms with E-state index in [-0.39, 0.29) is 5.79 Å². The first-order valence-electron chi connectivity index (χ1n) is 12.4. The van der Waals surface area contributed by atoms with Gasteiger partial charge in [-0.1, -0.05) is 13.8 Å². The van der Waals surface area contributed by atoms with Crippen LogP contribution in [0.4, 0.5) is 0 Å². The lowest BCUT2D eigenvalue weighted by molar-refractivity contribution is -0.264. The Balaban J connectivity index is 1.23. The topological polar surface area (TPSA) is 18.5 Å². The Kier molecular flexibility index (Phi) is 4.33. The maximum Gasteiger partial charge on any atom is 0.168 e. The summed E-state index contributed by atoms with van der Waals surface area (Å²) in [7, 11) is 1.88. The highest BCUT2D eigenvalue weighted by molar-refractivity contribution is 8.07. The largest absolute Gasteiger partial charge is 0.353 e. The number of methoxy groups -OCH3 is 1. The fourth-order valence-corrected chi connectivity index (χ4v) is 10.6. The minimum Gasteiger partial charge on any atom is -0.353 e. The van der Waals surface area contributed by atoms with Crippen LogP contribution in [0, 0.1) is 34.5 Å². The van der Waals surface area contributed by atoms with Gasteiger partial charge in [0.25, 0.3) is 0 Å². The molecule has 0 spiro atoms. The summed E-state index contributed by atoms with van der Waals surface area (Å²) in [5, 5.41) is 2.07. The molecule has 5 aliphatic carbocycles.